The van der Waals surface area contributed by atoms with Crippen LogP contribution in [0.1, 0.15) is 274 Å². The van der Waals surface area contributed by atoms with E-state index in [0.717, 1.165) is 25.0 Å². The fraction of sp³-hybridized carbons (Fsp3) is 0.867. The van der Waals surface area contributed by atoms with Crippen LogP contribution in [0.4, 0.5) is 0 Å². The summed E-state index contributed by atoms with van der Waals surface area (Å²) in [5.74, 6) is -2.01. The van der Waals surface area contributed by atoms with E-state index in [1.165, 1.54) is 87.7 Å². The van der Waals surface area contributed by atoms with Gasteiger partial charge in [-0.15, -0.1) is 0 Å². The van der Waals surface area contributed by atoms with Crippen molar-refractivity contribution in [3.05, 3.63) is 0 Å². The molecular formula is C83H162O28S2. The van der Waals surface area contributed by atoms with Gasteiger partial charge in [0, 0.05) is 121 Å². The van der Waals surface area contributed by atoms with E-state index in [4.69, 9.17) is 71.1 Å². The molecule has 0 bridgehead atoms. The third kappa shape index (κ3) is 120. The molecule has 0 heterocycles. The van der Waals surface area contributed by atoms with Gasteiger partial charge in [0.2, 0.25) is 0 Å². The van der Waals surface area contributed by atoms with Gasteiger partial charge in [-0.25, -0.2) is 0 Å². The van der Waals surface area contributed by atoms with Crippen LogP contribution in [-0.4, -0.2) is 205 Å². The van der Waals surface area contributed by atoms with Gasteiger partial charge in [-0.05, 0) is 56.2 Å². The maximum Gasteiger partial charge on any atom is 0.320 e. The average Bonchev–Trinajstić information content (AvgIpc) is 0.920. The van der Waals surface area contributed by atoms with Crippen LogP contribution < -0.4 is 0 Å². The van der Waals surface area contributed by atoms with Gasteiger partial charge in [0.25, 0.3) is 0 Å². The maximum absolute atomic E-state index is 11.7. The van der Waals surface area contributed by atoms with Crippen molar-refractivity contribution in [2.45, 2.75) is 299 Å². The molecular weight excluding hydrogens is 1510 g/mol. The van der Waals surface area contributed by atoms with Crippen molar-refractivity contribution >= 4 is 87.3 Å². The van der Waals surface area contributed by atoms with E-state index in [0.29, 0.717) is 51.6 Å². The smallest absolute Gasteiger partial charge is 0.320 e. The quantitative estimate of drug-likeness (QED) is 0.0204. The first kappa shape index (κ1) is 126. The Bertz CT molecular complexity index is 2380. The largest absolute Gasteiger partial charge is 0.469 e. The topological polar surface area (TPSA) is 345 Å². The molecule has 0 radical (unpaired) electrons. The van der Waals surface area contributed by atoms with Crippen LogP contribution in [0.2, 0.25) is 0 Å². The predicted octanol–water partition coefficient (Wildman–Crippen LogP) is 16.8. The van der Waals surface area contributed by atoms with Crippen molar-refractivity contribution in [2.24, 2.45) is 60.6 Å². The lowest BCUT2D eigenvalue weighted by Gasteiger charge is -2.27. The highest BCUT2D eigenvalue weighted by Crippen LogP contribution is 2.31. The Morgan fingerprint density at radius 3 is 0.743 bits per heavy atom. The lowest BCUT2D eigenvalue weighted by atomic mass is 9.85. The average molecular weight is 1670 g/mol. The first-order valence-electron chi connectivity index (χ1n) is 37.6. The van der Waals surface area contributed by atoms with Gasteiger partial charge in [0.05, 0.1) is 66.5 Å². The van der Waals surface area contributed by atoms with Crippen molar-refractivity contribution in [1.82, 2.24) is 0 Å². The molecule has 0 spiro atoms. The highest BCUT2D eigenvalue weighted by molar-refractivity contribution is 8.76. The number of hydrogen-bond acceptors (Lipinski definition) is 30. The molecule has 0 aromatic heterocycles. The number of esters is 11. The van der Waals surface area contributed by atoms with Crippen molar-refractivity contribution < 1.29 is 133 Å². The summed E-state index contributed by atoms with van der Waals surface area (Å²) in [5, 5.41) is 0. The summed E-state index contributed by atoms with van der Waals surface area (Å²) in [7, 11) is 15.4. The highest BCUT2D eigenvalue weighted by Gasteiger charge is 2.27. The standard InChI is InChI=1S/C13H22O6.2C12H22O4.C10H20O4S2.C8H18O2.C7H16O2.3C7H14O2/c1-9(14)17-7-11(8-18-10(2)15)19-12(16)6-13(3,4)5;2*1-9(13)15-7-11(6-12(3,4)5)8-16-10(2)14;1-10(2,3)7-16-15-6-8(11)14-9(12-4)13-5;1-8(2,3)6-7(9-4)10-5;1-7(2,3)6(8-4)9-5;2*1-7(2,3)5-6(8)9-4;1-6(8)9-5-7(2,3)4/h11H,6-8H2,1-5H3;2*11H,6-8H2,1-5H3;9H,6-7H2,1-5H3;7H,6H2,1-5H3;6H,1-5H3;3*5H2,1-4H3. The SMILES string of the molecule is CC(=O)OCC(C)(C)C.CC(=O)OCC(COC(C)=O)CC(C)(C)C.CC(=O)OCC(COC(C)=O)CC(C)(C)C.CC(=O)OCC(COC(C)=O)OC(=O)CC(C)(C)C.COC(=O)CC(C)(C)C.COC(=O)CC(C)(C)C.COC(CC(C)(C)C)OC.COC(OC)C(C)(C)C.COC(OC)OC(=O)CSSCC(C)(C)C. The molecule has 0 atom stereocenters. The predicted molar refractivity (Wildman–Crippen MR) is 445 cm³/mol. The second-order valence-corrected chi connectivity index (χ2v) is 39.5. The summed E-state index contributed by atoms with van der Waals surface area (Å²) in [6.45, 7) is 65.6. The number of hydrogen-bond donors (Lipinski definition) is 0. The molecule has 0 fully saturated rings. The van der Waals surface area contributed by atoms with E-state index >= 15 is 0 Å². The molecule has 30 heteroatoms. The van der Waals surface area contributed by atoms with Crippen molar-refractivity contribution in [3.8, 4) is 0 Å². The zero-order valence-electron chi connectivity index (χ0n) is 78.3. The summed E-state index contributed by atoms with van der Waals surface area (Å²) in [4.78, 5) is 119. The zero-order valence-corrected chi connectivity index (χ0v) is 80.0. The zero-order chi connectivity index (χ0) is 91.4. The van der Waals surface area contributed by atoms with Gasteiger partial charge < -0.3 is 80.5 Å². The lowest BCUT2D eigenvalue weighted by molar-refractivity contribution is -0.253. The van der Waals surface area contributed by atoms with Gasteiger partial charge in [-0.1, -0.05) is 209 Å². The highest BCUT2D eigenvalue weighted by atomic mass is 33.1. The molecule has 0 unspecified atom stereocenters. The van der Waals surface area contributed by atoms with Crippen LogP contribution in [0.5, 0.6) is 0 Å². The summed E-state index contributed by atoms with van der Waals surface area (Å²) < 4.78 is 82.8. The van der Waals surface area contributed by atoms with Crippen LogP contribution in [0.15, 0.2) is 0 Å². The molecule has 0 amide bonds. The van der Waals surface area contributed by atoms with Crippen LogP contribution in [0, 0.1) is 60.6 Å². The second kappa shape index (κ2) is 66.6. The number of rotatable bonds is 31. The molecule has 28 nitrogen and oxygen atoms in total. The molecule has 0 aliphatic heterocycles. The molecule has 0 N–H and O–H groups in total. The van der Waals surface area contributed by atoms with Crippen molar-refractivity contribution in [1.29, 1.82) is 0 Å². The van der Waals surface area contributed by atoms with E-state index in [1.54, 1.807) is 39.2 Å². The van der Waals surface area contributed by atoms with Crippen LogP contribution in [-0.2, 0) is 133 Å². The number of carbonyl (C=O) groups excluding carboxylic acids is 11. The number of carbonyl (C=O) groups is 11. The Balaban J connectivity index is -0.000000156. The Morgan fingerprint density at radius 1 is 0.283 bits per heavy atom. The lowest BCUT2D eigenvalue weighted by Crippen LogP contribution is -2.31. The van der Waals surface area contributed by atoms with Gasteiger partial charge in [0.15, 0.2) is 18.7 Å². The van der Waals surface area contributed by atoms with E-state index in [9.17, 15) is 52.7 Å². The fourth-order valence-electron chi connectivity index (χ4n) is 7.74. The minimum atomic E-state index is -0.902. The second-order valence-electron chi connectivity index (χ2n) is 37.1. The Kier molecular flexibility index (Phi) is 74.2. The first-order valence-corrected chi connectivity index (χ1v) is 40.1. The van der Waals surface area contributed by atoms with E-state index in [1.807, 2.05) is 83.1 Å². The molecule has 0 rings (SSSR count). The molecule has 0 aromatic rings. The number of ether oxygens (including phenoxy) is 17. The molecule has 0 aliphatic carbocycles. The molecule has 113 heavy (non-hydrogen) atoms. The Morgan fingerprint density at radius 2 is 0.566 bits per heavy atom. The fourth-order valence-corrected chi connectivity index (χ4v) is 10.3. The van der Waals surface area contributed by atoms with Gasteiger partial charge in [-0.2, -0.15) is 0 Å². The van der Waals surface area contributed by atoms with Crippen LogP contribution in [0.25, 0.3) is 0 Å². The minimum absolute atomic E-state index is 0.0487. The summed E-state index contributed by atoms with van der Waals surface area (Å²) >= 11 is 0. The minimum Gasteiger partial charge on any atom is -0.469 e. The van der Waals surface area contributed by atoms with E-state index in [2.05, 4.69) is 113 Å². The molecule has 0 aromatic carbocycles. The maximum atomic E-state index is 11.7. The summed E-state index contributed by atoms with van der Waals surface area (Å²) in [6, 6.07) is 0. The molecule has 674 valence electrons. The first-order chi connectivity index (χ1) is 50.7. The molecule has 0 saturated heterocycles. The molecule has 0 aliphatic rings. The van der Waals surface area contributed by atoms with Crippen molar-refractivity contribution in [3.63, 3.8) is 0 Å². The van der Waals surface area contributed by atoms with Gasteiger partial charge >= 0.3 is 72.1 Å². The Labute approximate surface area is 691 Å². The molecule has 0 saturated carbocycles. The monoisotopic (exact) mass is 1670 g/mol. The van der Waals surface area contributed by atoms with E-state index in [-0.39, 0.29) is 141 Å². The normalized spacial score (nSPS) is 11.5. The summed E-state index contributed by atoms with van der Waals surface area (Å²) in [6.07, 6.45) is 2.89. The van der Waals surface area contributed by atoms with Crippen molar-refractivity contribution in [2.75, 3.05) is 115 Å². The number of methoxy groups -OCH3 is 8. The third-order valence-electron chi connectivity index (χ3n) is 12.1. The van der Waals surface area contributed by atoms with Crippen LogP contribution in [0.3, 0.4) is 0 Å². The Hall–Kier alpha value is -5.37. The van der Waals surface area contributed by atoms with Gasteiger partial charge in [0.1, 0.15) is 19.0 Å². The van der Waals surface area contributed by atoms with Gasteiger partial charge in [-0.3, -0.25) is 52.7 Å². The van der Waals surface area contributed by atoms with Crippen LogP contribution >= 0.6 is 21.6 Å². The summed E-state index contributed by atoms with van der Waals surface area (Å²) in [5.41, 5.74) is 0.829. The third-order valence-corrected chi connectivity index (χ3v) is 14.8. The van der Waals surface area contributed by atoms with E-state index < -0.39 is 30.5 Å².